The van der Waals surface area contributed by atoms with Crippen molar-refractivity contribution >= 4 is 33.7 Å². The lowest BCUT2D eigenvalue weighted by Crippen LogP contribution is -2.39. The van der Waals surface area contributed by atoms with Crippen LogP contribution < -0.4 is 5.32 Å². The van der Waals surface area contributed by atoms with E-state index in [1.54, 1.807) is 11.8 Å². The van der Waals surface area contributed by atoms with Crippen LogP contribution in [-0.2, 0) is 9.53 Å². The zero-order valence-electron chi connectivity index (χ0n) is 9.90. The topological polar surface area (TPSA) is 38.3 Å². The molecule has 1 rings (SSSR count). The van der Waals surface area contributed by atoms with Gasteiger partial charge in [0.1, 0.15) is 6.04 Å². The number of methoxy groups -OCH3 is 1. The van der Waals surface area contributed by atoms with Crippen LogP contribution in [0.4, 0.5) is 0 Å². The largest absolute Gasteiger partial charge is 0.468 e. The molecule has 0 aliphatic rings. The van der Waals surface area contributed by atoms with Crippen molar-refractivity contribution in [3.05, 3.63) is 28.7 Å². The van der Waals surface area contributed by atoms with Crippen LogP contribution in [0.5, 0.6) is 0 Å². The van der Waals surface area contributed by atoms with E-state index in [9.17, 15) is 4.79 Å². The molecule has 1 aromatic rings. The Morgan fingerprint density at radius 2 is 2.24 bits per heavy atom. The Labute approximate surface area is 114 Å². The molecule has 0 radical (unpaired) electrons. The third-order valence-electron chi connectivity index (χ3n) is 2.18. The van der Waals surface area contributed by atoms with Gasteiger partial charge in [0.25, 0.3) is 0 Å². The fourth-order valence-corrected chi connectivity index (χ4v) is 2.94. The summed E-state index contributed by atoms with van der Waals surface area (Å²) >= 11 is 5.11. The highest BCUT2D eigenvalue weighted by molar-refractivity contribution is 9.10. The van der Waals surface area contributed by atoms with Crippen LogP contribution in [0, 0.1) is 0 Å². The number of thioether (sulfide) groups is 1. The number of benzene rings is 1. The van der Waals surface area contributed by atoms with Gasteiger partial charge in [-0.1, -0.05) is 19.1 Å². The maximum atomic E-state index is 11.5. The molecular formula is C12H16BrNO2S. The number of ether oxygens (including phenoxy) is 1. The monoisotopic (exact) mass is 317 g/mol. The molecule has 0 saturated heterocycles. The predicted molar refractivity (Wildman–Crippen MR) is 74.3 cm³/mol. The van der Waals surface area contributed by atoms with E-state index in [1.165, 1.54) is 7.11 Å². The molecule has 1 atom stereocenters. The lowest BCUT2D eigenvalue weighted by Gasteiger charge is -2.15. The first-order valence-corrected chi connectivity index (χ1v) is 7.15. The highest BCUT2D eigenvalue weighted by Crippen LogP contribution is 2.27. The SMILES string of the molecule is CCNC(CSc1ccccc1Br)C(=O)OC. The quantitative estimate of drug-likeness (QED) is 0.646. The van der Waals surface area contributed by atoms with E-state index in [0.717, 1.165) is 15.9 Å². The van der Waals surface area contributed by atoms with Crippen molar-refractivity contribution in [2.24, 2.45) is 0 Å². The summed E-state index contributed by atoms with van der Waals surface area (Å²) in [5, 5.41) is 3.11. The Bertz CT molecular complexity index is 373. The molecule has 94 valence electrons. The van der Waals surface area contributed by atoms with E-state index >= 15 is 0 Å². The molecule has 1 N–H and O–H groups in total. The van der Waals surface area contributed by atoms with E-state index in [0.29, 0.717) is 5.75 Å². The zero-order chi connectivity index (χ0) is 12.7. The van der Waals surface area contributed by atoms with Gasteiger partial charge in [-0.15, -0.1) is 11.8 Å². The Hall–Kier alpha value is -0.520. The number of hydrogen-bond acceptors (Lipinski definition) is 4. The number of carbonyl (C=O) groups is 1. The molecule has 0 aromatic heterocycles. The molecule has 1 aromatic carbocycles. The molecule has 0 saturated carbocycles. The predicted octanol–water partition coefficient (Wildman–Crippen LogP) is 2.69. The van der Waals surface area contributed by atoms with Crippen LogP contribution in [-0.4, -0.2) is 31.4 Å². The Balaban J connectivity index is 2.57. The van der Waals surface area contributed by atoms with Gasteiger partial charge in [0.05, 0.1) is 7.11 Å². The number of likely N-dealkylation sites (N-methyl/N-ethyl adjacent to an activating group) is 1. The minimum absolute atomic E-state index is 0.216. The van der Waals surface area contributed by atoms with Crippen molar-refractivity contribution in [1.82, 2.24) is 5.32 Å². The number of hydrogen-bond donors (Lipinski definition) is 1. The molecule has 0 fully saturated rings. The smallest absolute Gasteiger partial charge is 0.323 e. The number of esters is 1. The first-order valence-electron chi connectivity index (χ1n) is 5.37. The molecule has 0 bridgehead atoms. The van der Waals surface area contributed by atoms with Gasteiger partial charge in [0.2, 0.25) is 0 Å². The molecule has 0 amide bonds. The van der Waals surface area contributed by atoms with Crippen LogP contribution in [0.15, 0.2) is 33.6 Å². The van der Waals surface area contributed by atoms with Gasteiger partial charge >= 0.3 is 5.97 Å². The maximum absolute atomic E-state index is 11.5. The van der Waals surface area contributed by atoms with Gasteiger partial charge in [-0.2, -0.15) is 0 Å². The molecule has 17 heavy (non-hydrogen) atoms. The molecule has 0 aliphatic carbocycles. The third kappa shape index (κ3) is 4.69. The standard InChI is InChI=1S/C12H16BrNO2S/c1-3-14-10(12(15)16-2)8-17-11-7-5-4-6-9(11)13/h4-7,10,14H,3,8H2,1-2H3. The fourth-order valence-electron chi connectivity index (χ4n) is 1.33. The molecule has 0 heterocycles. The summed E-state index contributed by atoms with van der Waals surface area (Å²) in [5.41, 5.74) is 0. The molecule has 0 spiro atoms. The first-order chi connectivity index (χ1) is 8.19. The Morgan fingerprint density at radius 1 is 1.53 bits per heavy atom. The summed E-state index contributed by atoms with van der Waals surface area (Å²) in [7, 11) is 1.41. The van der Waals surface area contributed by atoms with Gasteiger partial charge in [0, 0.05) is 15.1 Å². The van der Waals surface area contributed by atoms with E-state index in [1.807, 2.05) is 31.2 Å². The van der Waals surface area contributed by atoms with Crippen molar-refractivity contribution in [3.8, 4) is 0 Å². The van der Waals surface area contributed by atoms with Crippen molar-refractivity contribution in [2.45, 2.75) is 17.9 Å². The molecule has 5 heteroatoms. The van der Waals surface area contributed by atoms with Crippen LogP contribution in [0.1, 0.15) is 6.92 Å². The van der Waals surface area contributed by atoms with Crippen LogP contribution in [0.2, 0.25) is 0 Å². The average molecular weight is 318 g/mol. The van der Waals surface area contributed by atoms with E-state index in [4.69, 9.17) is 4.74 Å². The second kappa shape index (κ2) is 7.74. The number of nitrogens with one attached hydrogen (secondary N) is 1. The highest BCUT2D eigenvalue weighted by atomic mass is 79.9. The molecule has 1 unspecified atom stereocenters. The van der Waals surface area contributed by atoms with Crippen molar-refractivity contribution < 1.29 is 9.53 Å². The second-order valence-electron chi connectivity index (χ2n) is 3.37. The number of rotatable bonds is 6. The van der Waals surface area contributed by atoms with Crippen molar-refractivity contribution in [2.75, 3.05) is 19.4 Å². The second-order valence-corrected chi connectivity index (χ2v) is 5.29. The van der Waals surface area contributed by atoms with E-state index in [2.05, 4.69) is 21.2 Å². The van der Waals surface area contributed by atoms with Crippen molar-refractivity contribution in [3.63, 3.8) is 0 Å². The molecule has 3 nitrogen and oxygen atoms in total. The minimum atomic E-state index is -0.262. The lowest BCUT2D eigenvalue weighted by atomic mass is 10.3. The average Bonchev–Trinajstić information content (AvgIpc) is 2.35. The summed E-state index contributed by atoms with van der Waals surface area (Å²) < 4.78 is 5.80. The molecule has 0 aliphatic heterocycles. The fraction of sp³-hybridized carbons (Fsp3) is 0.417. The summed E-state index contributed by atoms with van der Waals surface area (Å²) in [5.74, 6) is 0.440. The summed E-state index contributed by atoms with van der Waals surface area (Å²) in [6, 6.07) is 7.70. The maximum Gasteiger partial charge on any atom is 0.323 e. The zero-order valence-corrected chi connectivity index (χ0v) is 12.3. The van der Waals surface area contributed by atoms with Crippen molar-refractivity contribution in [1.29, 1.82) is 0 Å². The normalized spacial score (nSPS) is 12.2. The Morgan fingerprint density at radius 3 is 2.82 bits per heavy atom. The highest BCUT2D eigenvalue weighted by Gasteiger charge is 2.18. The molecular weight excluding hydrogens is 302 g/mol. The van der Waals surface area contributed by atoms with Crippen LogP contribution >= 0.6 is 27.7 Å². The van der Waals surface area contributed by atoms with Gasteiger partial charge in [-0.05, 0) is 34.6 Å². The first kappa shape index (κ1) is 14.5. The van der Waals surface area contributed by atoms with Crippen LogP contribution in [0.25, 0.3) is 0 Å². The lowest BCUT2D eigenvalue weighted by molar-refractivity contribution is -0.142. The van der Waals surface area contributed by atoms with Gasteiger partial charge in [-0.25, -0.2) is 0 Å². The van der Waals surface area contributed by atoms with Gasteiger partial charge in [-0.3, -0.25) is 4.79 Å². The van der Waals surface area contributed by atoms with E-state index < -0.39 is 0 Å². The number of carbonyl (C=O) groups excluding carboxylic acids is 1. The summed E-state index contributed by atoms with van der Waals surface area (Å²) in [6.07, 6.45) is 0. The summed E-state index contributed by atoms with van der Waals surface area (Å²) in [4.78, 5) is 12.6. The summed E-state index contributed by atoms with van der Waals surface area (Å²) in [6.45, 7) is 2.72. The van der Waals surface area contributed by atoms with Gasteiger partial charge in [0.15, 0.2) is 0 Å². The van der Waals surface area contributed by atoms with Gasteiger partial charge < -0.3 is 10.1 Å². The van der Waals surface area contributed by atoms with Crippen LogP contribution in [0.3, 0.4) is 0 Å². The number of halogens is 1. The third-order valence-corrected chi connectivity index (χ3v) is 4.30. The Kier molecular flexibility index (Phi) is 6.62. The minimum Gasteiger partial charge on any atom is -0.468 e. The van der Waals surface area contributed by atoms with E-state index in [-0.39, 0.29) is 12.0 Å².